The molecule has 0 aliphatic carbocycles. The van der Waals surface area contributed by atoms with E-state index in [0.29, 0.717) is 28.2 Å². The zero-order chi connectivity index (χ0) is 27.3. The van der Waals surface area contributed by atoms with Gasteiger partial charge in [0.15, 0.2) is 5.72 Å². The first-order valence-corrected chi connectivity index (χ1v) is 13.2. The van der Waals surface area contributed by atoms with Crippen LogP contribution in [-0.2, 0) is 12.8 Å². The summed E-state index contributed by atoms with van der Waals surface area (Å²) in [5.74, 6) is 0.101. The number of aromatic nitrogens is 6. The largest absolute Gasteiger partial charge is 0.369 e. The van der Waals surface area contributed by atoms with Gasteiger partial charge in [-0.15, -0.1) is 0 Å². The number of rotatable bonds is 6. The van der Waals surface area contributed by atoms with E-state index >= 15 is 0 Å². The van der Waals surface area contributed by atoms with Crippen molar-refractivity contribution in [2.24, 2.45) is 13.0 Å². The number of aryl methyl sites for hydroxylation is 1. The lowest BCUT2D eigenvalue weighted by molar-refractivity contribution is 0.0149. The summed E-state index contributed by atoms with van der Waals surface area (Å²) in [7, 11) is 3.92. The van der Waals surface area contributed by atoms with E-state index in [1.165, 1.54) is 0 Å². The lowest BCUT2D eigenvalue weighted by atomic mass is 9.94. The molecular weight excluding hydrogens is 494 g/mol. The molecule has 6 rings (SSSR count). The van der Waals surface area contributed by atoms with Gasteiger partial charge in [0.2, 0.25) is 0 Å². The van der Waals surface area contributed by atoms with Gasteiger partial charge in [0.05, 0.1) is 27.9 Å². The molecular formula is C28H33N9O2. The summed E-state index contributed by atoms with van der Waals surface area (Å²) in [5.41, 5.74) is 2.94. The number of imidazole rings is 1. The van der Waals surface area contributed by atoms with E-state index in [1.54, 1.807) is 36.3 Å². The predicted octanol–water partition coefficient (Wildman–Crippen LogP) is 2.86. The number of hydrogen-bond acceptors (Lipinski definition) is 8. The highest BCUT2D eigenvalue weighted by atomic mass is 16.3. The highest BCUT2D eigenvalue weighted by Crippen LogP contribution is 2.37. The maximum atomic E-state index is 13.6. The molecule has 1 atom stereocenters. The third kappa shape index (κ3) is 4.43. The molecule has 5 aromatic rings. The van der Waals surface area contributed by atoms with Crippen LogP contribution in [0, 0.1) is 5.92 Å². The summed E-state index contributed by atoms with van der Waals surface area (Å²) in [5, 5.41) is 19.8. The van der Waals surface area contributed by atoms with E-state index in [0.717, 1.165) is 42.9 Å². The van der Waals surface area contributed by atoms with Crippen molar-refractivity contribution >= 4 is 33.4 Å². The second-order valence-electron chi connectivity index (χ2n) is 10.6. The van der Waals surface area contributed by atoms with E-state index in [2.05, 4.69) is 54.3 Å². The van der Waals surface area contributed by atoms with Crippen LogP contribution >= 0.6 is 0 Å². The highest BCUT2D eigenvalue weighted by molar-refractivity contribution is 5.97. The molecule has 0 radical (unpaired) electrons. The van der Waals surface area contributed by atoms with Gasteiger partial charge in [0.25, 0.3) is 5.56 Å². The number of nitrogens with one attached hydrogen (secondary N) is 3. The molecule has 4 N–H and O–H groups in total. The van der Waals surface area contributed by atoms with Crippen molar-refractivity contribution in [2.75, 3.05) is 43.4 Å². The number of fused-ring (bicyclic) bond motifs is 2. The Balaban J connectivity index is 1.50. The van der Waals surface area contributed by atoms with Gasteiger partial charge in [-0.05, 0) is 37.4 Å². The fraction of sp³-hybridized carbons (Fsp3) is 0.357. The number of nitrogens with zero attached hydrogens (tertiary/aromatic N) is 6. The summed E-state index contributed by atoms with van der Waals surface area (Å²) < 4.78 is 1.63. The normalized spacial score (nSPS) is 16.3. The quantitative estimate of drug-likeness (QED) is 0.248. The Labute approximate surface area is 225 Å². The van der Waals surface area contributed by atoms with Crippen molar-refractivity contribution in [3.8, 4) is 11.4 Å². The minimum absolute atomic E-state index is 0.272. The Morgan fingerprint density at radius 3 is 2.56 bits per heavy atom. The minimum atomic E-state index is -1.57. The maximum absolute atomic E-state index is 13.6. The molecule has 1 aromatic carbocycles. The number of aliphatic hydroxyl groups is 1. The number of pyridine rings is 2. The molecule has 1 aliphatic rings. The van der Waals surface area contributed by atoms with E-state index < -0.39 is 5.72 Å². The molecule has 1 saturated heterocycles. The molecule has 1 fully saturated rings. The van der Waals surface area contributed by atoms with Crippen molar-refractivity contribution < 1.29 is 5.11 Å². The summed E-state index contributed by atoms with van der Waals surface area (Å²) in [6, 6.07) is 11.5. The zero-order valence-electron chi connectivity index (χ0n) is 22.6. The third-order valence-electron chi connectivity index (χ3n) is 7.57. The first kappa shape index (κ1) is 25.1. The molecule has 202 valence electrons. The fourth-order valence-electron chi connectivity index (χ4n) is 5.19. The Morgan fingerprint density at radius 2 is 1.85 bits per heavy atom. The molecule has 0 spiro atoms. The molecule has 5 heterocycles. The van der Waals surface area contributed by atoms with Gasteiger partial charge in [-0.2, -0.15) is 5.10 Å². The van der Waals surface area contributed by atoms with Crippen LogP contribution in [0.2, 0.25) is 0 Å². The Hall–Kier alpha value is -4.22. The minimum Gasteiger partial charge on any atom is -0.369 e. The average Bonchev–Trinajstić information content (AvgIpc) is 3.51. The lowest BCUT2D eigenvalue weighted by Crippen LogP contribution is -2.44. The van der Waals surface area contributed by atoms with Gasteiger partial charge < -0.3 is 30.2 Å². The second kappa shape index (κ2) is 9.51. The first-order chi connectivity index (χ1) is 18.7. The van der Waals surface area contributed by atoms with E-state index in [-0.39, 0.29) is 17.0 Å². The molecule has 11 heteroatoms. The summed E-state index contributed by atoms with van der Waals surface area (Å²) in [6.07, 6.45) is 3.37. The van der Waals surface area contributed by atoms with Gasteiger partial charge in [0, 0.05) is 57.2 Å². The average molecular weight is 528 g/mol. The van der Waals surface area contributed by atoms with E-state index in [1.807, 2.05) is 26.0 Å². The molecule has 0 saturated carbocycles. The van der Waals surface area contributed by atoms with Crippen LogP contribution < -0.4 is 15.8 Å². The third-order valence-corrected chi connectivity index (χ3v) is 7.57. The Morgan fingerprint density at radius 1 is 1.05 bits per heavy atom. The number of likely N-dealkylation sites (N-methyl/N-ethyl adjacent to an activating group) is 1. The molecule has 1 unspecified atom stereocenters. The van der Waals surface area contributed by atoms with Crippen LogP contribution in [0.15, 0.2) is 53.6 Å². The van der Waals surface area contributed by atoms with Crippen LogP contribution in [0.25, 0.3) is 33.5 Å². The van der Waals surface area contributed by atoms with Crippen LogP contribution in [-0.4, -0.2) is 72.9 Å². The van der Waals surface area contributed by atoms with Gasteiger partial charge >= 0.3 is 0 Å². The Kier molecular flexibility index (Phi) is 6.12. The summed E-state index contributed by atoms with van der Waals surface area (Å²) >= 11 is 0. The van der Waals surface area contributed by atoms with Crippen LogP contribution in [0.3, 0.4) is 0 Å². The Bertz CT molecular complexity index is 1700. The van der Waals surface area contributed by atoms with Crippen LogP contribution in [0.1, 0.15) is 19.5 Å². The van der Waals surface area contributed by atoms with Gasteiger partial charge in [-0.1, -0.05) is 19.9 Å². The number of anilines is 2. The monoisotopic (exact) mass is 527 g/mol. The van der Waals surface area contributed by atoms with Crippen LogP contribution in [0.4, 0.5) is 11.4 Å². The maximum Gasteiger partial charge on any atom is 0.261 e. The predicted molar refractivity (Wildman–Crippen MR) is 153 cm³/mol. The fourth-order valence-corrected chi connectivity index (χ4v) is 5.19. The SMILES string of the molecule is CC(C)C(O)(Nc1c(-c2nc3ccc(N4CCN(C)CC4)cc3[nH]2)c(=O)[nH]c2cn(C)nc12)c1ccccn1. The van der Waals surface area contributed by atoms with Crippen molar-refractivity contribution in [1.82, 2.24) is 34.6 Å². The smallest absolute Gasteiger partial charge is 0.261 e. The number of H-pyrrole nitrogens is 2. The molecule has 39 heavy (non-hydrogen) atoms. The van der Waals surface area contributed by atoms with Crippen LogP contribution in [0.5, 0.6) is 0 Å². The number of aromatic amines is 2. The number of benzene rings is 1. The number of hydrogen-bond donors (Lipinski definition) is 4. The molecule has 1 aliphatic heterocycles. The van der Waals surface area contributed by atoms with E-state index in [4.69, 9.17) is 4.98 Å². The summed E-state index contributed by atoms with van der Waals surface area (Å²) in [6.45, 7) is 7.71. The van der Waals surface area contributed by atoms with Gasteiger partial charge in [-0.3, -0.25) is 14.5 Å². The van der Waals surface area contributed by atoms with E-state index in [9.17, 15) is 9.90 Å². The van der Waals surface area contributed by atoms with Crippen molar-refractivity contribution in [2.45, 2.75) is 19.6 Å². The van der Waals surface area contributed by atoms with Gasteiger partial charge in [-0.25, -0.2) is 4.98 Å². The second-order valence-corrected chi connectivity index (χ2v) is 10.6. The summed E-state index contributed by atoms with van der Waals surface area (Å²) in [4.78, 5) is 33.8. The standard InChI is InChI=1S/C28H33N9O2/c1-17(2)28(39,22-7-5-6-10-29-22)33-25-23(27(38)32-21-16-36(4)34-24(21)25)26-30-19-9-8-18(15-20(19)31-26)37-13-11-35(3)12-14-37/h5-10,15-17,33,39H,11-14H2,1-4H3,(H,30,31)(H,32,38). The van der Waals surface area contributed by atoms with Crippen molar-refractivity contribution in [3.05, 3.63) is 64.8 Å². The van der Waals surface area contributed by atoms with Crippen molar-refractivity contribution in [1.29, 1.82) is 0 Å². The first-order valence-electron chi connectivity index (χ1n) is 13.2. The molecule has 0 bridgehead atoms. The van der Waals surface area contributed by atoms with Gasteiger partial charge in [0.1, 0.15) is 16.9 Å². The van der Waals surface area contributed by atoms with Crippen molar-refractivity contribution in [3.63, 3.8) is 0 Å². The molecule has 0 amide bonds. The topological polar surface area (TPSA) is 131 Å². The highest BCUT2D eigenvalue weighted by Gasteiger charge is 2.37. The molecule has 4 aromatic heterocycles. The lowest BCUT2D eigenvalue weighted by Gasteiger charge is -2.34. The zero-order valence-corrected chi connectivity index (χ0v) is 22.6. The molecule has 11 nitrogen and oxygen atoms in total. The number of piperazine rings is 1.